The summed E-state index contributed by atoms with van der Waals surface area (Å²) in [6.45, 7) is -0.0695. The van der Waals surface area contributed by atoms with Gasteiger partial charge in [-0.2, -0.15) is 0 Å². The van der Waals surface area contributed by atoms with Gasteiger partial charge in [0, 0.05) is 18.6 Å². The number of para-hydroxylation sites is 1. The molecule has 5 nitrogen and oxygen atoms in total. The molecule has 0 aliphatic carbocycles. The maximum Gasteiger partial charge on any atom is 0.324 e. The quantitative estimate of drug-likeness (QED) is 0.490. The highest BCUT2D eigenvalue weighted by Crippen LogP contribution is 2.32. The van der Waals surface area contributed by atoms with Crippen molar-refractivity contribution >= 4 is 27.9 Å². The number of ether oxygens (including phenoxy) is 2. The van der Waals surface area contributed by atoms with Crippen molar-refractivity contribution < 1.29 is 24.2 Å². The van der Waals surface area contributed by atoms with Crippen LogP contribution in [0, 0.1) is 0 Å². The van der Waals surface area contributed by atoms with Crippen LogP contribution >= 0.6 is 15.9 Å². The van der Waals surface area contributed by atoms with Gasteiger partial charge in [-0.05, 0) is 12.5 Å². The number of halogens is 1. The fourth-order valence-corrected chi connectivity index (χ4v) is 1.98. The molecule has 1 aromatic carbocycles. The van der Waals surface area contributed by atoms with E-state index in [1.54, 1.807) is 24.3 Å². The van der Waals surface area contributed by atoms with Crippen LogP contribution < -0.4 is 4.74 Å². The summed E-state index contributed by atoms with van der Waals surface area (Å²) in [5, 5.41) is 8.65. The minimum absolute atomic E-state index is 0.0695. The summed E-state index contributed by atoms with van der Waals surface area (Å²) in [5.74, 6) is -0.623. The lowest BCUT2D eigenvalue weighted by molar-refractivity contribution is -0.140. The van der Waals surface area contributed by atoms with Gasteiger partial charge >= 0.3 is 11.9 Å². The van der Waals surface area contributed by atoms with E-state index in [1.165, 1.54) is 7.11 Å². The molecule has 0 aliphatic rings. The molecular weight excluding hydrogens is 316 g/mol. The Morgan fingerprint density at radius 2 is 2.05 bits per heavy atom. The molecule has 0 aliphatic heterocycles. The summed E-state index contributed by atoms with van der Waals surface area (Å²) < 4.78 is 9.81. The SMILES string of the molecule is COC(=O)C(Br)c1ccccc1OC(=O)CCCO. The van der Waals surface area contributed by atoms with E-state index in [1.807, 2.05) is 0 Å². The van der Waals surface area contributed by atoms with Crippen molar-refractivity contribution in [3.05, 3.63) is 29.8 Å². The smallest absolute Gasteiger partial charge is 0.324 e. The van der Waals surface area contributed by atoms with Crippen LogP contribution in [0.25, 0.3) is 0 Å². The monoisotopic (exact) mass is 330 g/mol. The van der Waals surface area contributed by atoms with Crippen LogP contribution in [0.4, 0.5) is 0 Å². The van der Waals surface area contributed by atoms with Crippen molar-refractivity contribution in [3.63, 3.8) is 0 Å². The number of aliphatic hydroxyl groups excluding tert-OH is 1. The highest BCUT2D eigenvalue weighted by molar-refractivity contribution is 9.09. The number of carbonyl (C=O) groups excluding carboxylic acids is 2. The van der Waals surface area contributed by atoms with E-state index in [0.717, 1.165) is 0 Å². The Labute approximate surface area is 119 Å². The van der Waals surface area contributed by atoms with E-state index in [4.69, 9.17) is 9.84 Å². The second-order valence-electron chi connectivity index (χ2n) is 3.72. The number of alkyl halides is 1. The molecule has 0 saturated heterocycles. The molecule has 0 heterocycles. The molecule has 1 rings (SSSR count). The minimum atomic E-state index is -0.695. The first-order valence-corrected chi connectivity index (χ1v) is 6.64. The van der Waals surface area contributed by atoms with E-state index >= 15 is 0 Å². The molecule has 1 N–H and O–H groups in total. The molecule has 104 valence electrons. The first-order chi connectivity index (χ1) is 9.10. The number of carbonyl (C=O) groups is 2. The Morgan fingerprint density at radius 3 is 2.68 bits per heavy atom. The normalized spacial score (nSPS) is 11.7. The van der Waals surface area contributed by atoms with Gasteiger partial charge in [0.1, 0.15) is 10.6 Å². The van der Waals surface area contributed by atoms with Gasteiger partial charge in [0.2, 0.25) is 0 Å². The van der Waals surface area contributed by atoms with E-state index in [9.17, 15) is 9.59 Å². The Bertz CT molecular complexity index is 446. The predicted molar refractivity (Wildman–Crippen MR) is 72.1 cm³/mol. The molecule has 6 heteroatoms. The van der Waals surface area contributed by atoms with Gasteiger partial charge in [0.15, 0.2) is 0 Å². The number of esters is 2. The summed E-state index contributed by atoms with van der Waals surface area (Å²) >= 11 is 3.20. The summed E-state index contributed by atoms with van der Waals surface area (Å²) in [5.41, 5.74) is 0.520. The molecule has 0 amide bonds. The Kier molecular flexibility index (Phi) is 6.52. The van der Waals surface area contributed by atoms with Crippen LogP contribution in [0.1, 0.15) is 23.2 Å². The Morgan fingerprint density at radius 1 is 1.37 bits per heavy atom. The van der Waals surface area contributed by atoms with E-state index in [0.29, 0.717) is 17.7 Å². The van der Waals surface area contributed by atoms with Crippen molar-refractivity contribution in [1.82, 2.24) is 0 Å². The lowest BCUT2D eigenvalue weighted by Crippen LogP contribution is -2.13. The maximum absolute atomic E-state index is 11.5. The van der Waals surface area contributed by atoms with E-state index < -0.39 is 16.8 Å². The second-order valence-corrected chi connectivity index (χ2v) is 4.64. The highest BCUT2D eigenvalue weighted by Gasteiger charge is 2.22. The van der Waals surface area contributed by atoms with Crippen LogP contribution in [-0.2, 0) is 14.3 Å². The van der Waals surface area contributed by atoms with E-state index in [2.05, 4.69) is 20.7 Å². The van der Waals surface area contributed by atoms with Crippen LogP contribution in [0.2, 0.25) is 0 Å². The molecule has 19 heavy (non-hydrogen) atoms. The molecule has 1 aromatic rings. The zero-order chi connectivity index (χ0) is 14.3. The lowest BCUT2D eigenvalue weighted by atomic mass is 10.1. The third-order valence-electron chi connectivity index (χ3n) is 2.36. The van der Waals surface area contributed by atoms with Crippen molar-refractivity contribution in [2.75, 3.05) is 13.7 Å². The van der Waals surface area contributed by atoms with E-state index in [-0.39, 0.29) is 13.0 Å². The summed E-state index contributed by atoms with van der Waals surface area (Å²) in [6, 6.07) is 6.71. The lowest BCUT2D eigenvalue weighted by Gasteiger charge is -2.13. The molecule has 1 unspecified atom stereocenters. The average molecular weight is 331 g/mol. The van der Waals surface area contributed by atoms with Gasteiger partial charge in [-0.25, -0.2) is 0 Å². The van der Waals surface area contributed by atoms with Crippen LogP contribution in [-0.4, -0.2) is 30.8 Å². The Hall–Kier alpha value is -1.40. The molecular formula is C13H15BrO5. The molecule has 1 atom stereocenters. The van der Waals surface area contributed by atoms with Crippen molar-refractivity contribution in [1.29, 1.82) is 0 Å². The Balaban J connectivity index is 2.84. The third kappa shape index (κ3) is 4.65. The van der Waals surface area contributed by atoms with Crippen molar-refractivity contribution in [2.45, 2.75) is 17.7 Å². The second kappa shape index (κ2) is 7.91. The maximum atomic E-state index is 11.5. The number of benzene rings is 1. The largest absolute Gasteiger partial charge is 0.468 e. The first kappa shape index (κ1) is 15.7. The van der Waals surface area contributed by atoms with Crippen LogP contribution in [0.5, 0.6) is 5.75 Å². The molecule has 0 aromatic heterocycles. The zero-order valence-electron chi connectivity index (χ0n) is 10.5. The predicted octanol–water partition coefficient (Wildman–Crippen LogP) is 1.97. The van der Waals surface area contributed by atoms with Gasteiger partial charge in [-0.3, -0.25) is 9.59 Å². The molecule has 0 spiro atoms. The number of hydrogen-bond acceptors (Lipinski definition) is 5. The standard InChI is InChI=1S/C13H15BrO5/c1-18-13(17)12(14)9-5-2-3-6-10(9)19-11(16)7-4-8-15/h2-3,5-6,12,15H,4,7-8H2,1H3. The fraction of sp³-hybridized carbons (Fsp3) is 0.385. The van der Waals surface area contributed by atoms with Crippen LogP contribution in [0.15, 0.2) is 24.3 Å². The van der Waals surface area contributed by atoms with Gasteiger partial charge in [0.25, 0.3) is 0 Å². The number of aliphatic hydroxyl groups is 1. The average Bonchev–Trinajstić information content (AvgIpc) is 2.44. The van der Waals surface area contributed by atoms with Gasteiger partial charge < -0.3 is 14.6 Å². The number of hydrogen-bond donors (Lipinski definition) is 1. The third-order valence-corrected chi connectivity index (χ3v) is 3.23. The number of methoxy groups -OCH3 is 1. The summed E-state index contributed by atoms with van der Waals surface area (Å²) in [7, 11) is 1.28. The highest BCUT2D eigenvalue weighted by atomic mass is 79.9. The minimum Gasteiger partial charge on any atom is -0.468 e. The molecule has 0 saturated carbocycles. The molecule has 0 fully saturated rings. The first-order valence-electron chi connectivity index (χ1n) is 5.72. The number of rotatable bonds is 6. The topological polar surface area (TPSA) is 72.8 Å². The summed E-state index contributed by atoms with van der Waals surface area (Å²) in [4.78, 5) is 22.3. The van der Waals surface area contributed by atoms with Gasteiger partial charge in [-0.1, -0.05) is 34.1 Å². The van der Waals surface area contributed by atoms with Crippen molar-refractivity contribution in [2.24, 2.45) is 0 Å². The summed E-state index contributed by atoms with van der Waals surface area (Å²) in [6.07, 6.45) is 0.464. The van der Waals surface area contributed by atoms with Gasteiger partial charge in [-0.15, -0.1) is 0 Å². The molecule has 0 radical (unpaired) electrons. The van der Waals surface area contributed by atoms with Crippen molar-refractivity contribution in [3.8, 4) is 5.75 Å². The van der Waals surface area contributed by atoms with Gasteiger partial charge in [0.05, 0.1) is 7.11 Å². The fourth-order valence-electron chi connectivity index (χ4n) is 1.41. The zero-order valence-corrected chi connectivity index (χ0v) is 12.1. The molecule has 0 bridgehead atoms. The van der Waals surface area contributed by atoms with Crippen LogP contribution in [0.3, 0.4) is 0 Å².